The second kappa shape index (κ2) is 5.30. The lowest BCUT2D eigenvalue weighted by Crippen LogP contribution is -2.19. The number of nitrogens with one attached hydrogen (secondary N) is 2. The van der Waals surface area contributed by atoms with Gasteiger partial charge in [-0.05, 0) is 11.6 Å². The highest BCUT2D eigenvalue weighted by Crippen LogP contribution is 2.26. The molecule has 2 N–H and O–H groups in total. The van der Waals surface area contributed by atoms with E-state index in [0.717, 1.165) is 0 Å². The van der Waals surface area contributed by atoms with Gasteiger partial charge in [-0.1, -0.05) is 12.2 Å². The van der Waals surface area contributed by atoms with Gasteiger partial charge in [0.25, 0.3) is 5.69 Å². The first kappa shape index (κ1) is 12.7. The molecule has 0 fully saturated rings. The van der Waals surface area contributed by atoms with E-state index in [1.807, 2.05) is 0 Å². The minimum atomic E-state index is -0.441. The third kappa shape index (κ3) is 2.95. The zero-order valence-electron chi connectivity index (χ0n) is 10.2. The van der Waals surface area contributed by atoms with Gasteiger partial charge in [0.15, 0.2) is 0 Å². The number of nitro groups is 1. The maximum atomic E-state index is 11.0. The Balaban J connectivity index is 2.28. The average Bonchev–Trinajstić information content (AvgIpc) is 2.81. The van der Waals surface area contributed by atoms with Gasteiger partial charge in [-0.25, -0.2) is 0 Å². The number of nitrogens with zero attached hydrogens (tertiary/aromatic N) is 2. The van der Waals surface area contributed by atoms with Crippen molar-refractivity contribution in [3.05, 3.63) is 40.1 Å². The van der Waals surface area contributed by atoms with E-state index in [1.54, 1.807) is 18.2 Å². The van der Waals surface area contributed by atoms with Gasteiger partial charge in [0.05, 0.1) is 22.0 Å². The lowest BCUT2D eigenvalue weighted by molar-refractivity contribution is -0.383. The molecule has 7 nitrogen and oxygen atoms in total. The summed E-state index contributed by atoms with van der Waals surface area (Å²) in [6.45, 7) is 1.81. The molecule has 1 aromatic carbocycles. The first-order valence-electron chi connectivity index (χ1n) is 5.60. The standard InChI is InChI=1S/C12H12N4O3/c1-8(17)13-4-2-3-9-5-11-10(7-14-15-11)12(6-9)16(18)19/h2-3,5-7H,4H2,1H3,(H,13,17)(H,14,15). The quantitative estimate of drug-likeness (QED) is 0.644. The minimum absolute atomic E-state index is 0.00503. The van der Waals surface area contributed by atoms with E-state index in [0.29, 0.717) is 23.0 Å². The zero-order chi connectivity index (χ0) is 13.8. The molecule has 7 heteroatoms. The molecule has 0 aliphatic carbocycles. The molecule has 19 heavy (non-hydrogen) atoms. The summed E-state index contributed by atoms with van der Waals surface area (Å²) in [4.78, 5) is 21.2. The Bertz CT molecular complexity index is 660. The normalized spacial score (nSPS) is 11.0. The summed E-state index contributed by atoms with van der Waals surface area (Å²) in [6.07, 6.45) is 4.87. The molecule has 1 heterocycles. The predicted molar refractivity (Wildman–Crippen MR) is 70.5 cm³/mol. The van der Waals surface area contributed by atoms with Gasteiger partial charge in [0.1, 0.15) is 0 Å². The number of rotatable bonds is 4. The van der Waals surface area contributed by atoms with E-state index in [-0.39, 0.29) is 11.6 Å². The molecule has 2 rings (SSSR count). The Morgan fingerprint density at radius 3 is 3.05 bits per heavy atom. The number of nitro benzene ring substituents is 1. The highest BCUT2D eigenvalue weighted by Gasteiger charge is 2.14. The fourth-order valence-corrected chi connectivity index (χ4v) is 1.70. The van der Waals surface area contributed by atoms with Gasteiger partial charge in [-0.3, -0.25) is 20.0 Å². The van der Waals surface area contributed by atoms with Crippen molar-refractivity contribution in [2.75, 3.05) is 6.54 Å². The Morgan fingerprint density at radius 2 is 2.37 bits per heavy atom. The van der Waals surface area contributed by atoms with Crippen LogP contribution in [-0.2, 0) is 4.79 Å². The summed E-state index contributed by atoms with van der Waals surface area (Å²) in [5, 5.41) is 20.5. The van der Waals surface area contributed by atoms with Crippen molar-refractivity contribution < 1.29 is 9.72 Å². The average molecular weight is 260 g/mol. The Kier molecular flexibility index (Phi) is 3.56. The fourth-order valence-electron chi connectivity index (χ4n) is 1.70. The number of H-pyrrole nitrogens is 1. The van der Waals surface area contributed by atoms with Crippen LogP contribution in [0.4, 0.5) is 5.69 Å². The van der Waals surface area contributed by atoms with Gasteiger partial charge in [-0.15, -0.1) is 0 Å². The molecule has 0 saturated carbocycles. The van der Waals surface area contributed by atoms with Gasteiger partial charge in [-0.2, -0.15) is 5.10 Å². The lowest BCUT2D eigenvalue weighted by atomic mass is 10.1. The number of carbonyl (C=O) groups excluding carboxylic acids is 1. The summed E-state index contributed by atoms with van der Waals surface area (Å²) in [6, 6.07) is 3.24. The molecule has 0 aliphatic rings. The van der Waals surface area contributed by atoms with Crippen LogP contribution in [0.15, 0.2) is 24.4 Å². The Morgan fingerprint density at radius 1 is 1.58 bits per heavy atom. The molecule has 0 bridgehead atoms. The lowest BCUT2D eigenvalue weighted by Gasteiger charge is -1.98. The van der Waals surface area contributed by atoms with Gasteiger partial charge in [0, 0.05) is 19.5 Å². The van der Waals surface area contributed by atoms with E-state index in [2.05, 4.69) is 15.5 Å². The SMILES string of the molecule is CC(=O)NCC=Cc1cc([N+](=O)[O-])c2cn[nH]c2c1. The summed E-state index contributed by atoms with van der Waals surface area (Å²) >= 11 is 0. The van der Waals surface area contributed by atoms with Crippen LogP contribution in [0.1, 0.15) is 12.5 Å². The molecule has 0 spiro atoms. The first-order chi connectivity index (χ1) is 9.08. The van der Waals surface area contributed by atoms with Crippen LogP contribution in [0.25, 0.3) is 17.0 Å². The third-order valence-electron chi connectivity index (χ3n) is 2.54. The molecule has 2 aromatic rings. The second-order valence-electron chi connectivity index (χ2n) is 3.97. The van der Waals surface area contributed by atoms with Crippen LogP contribution in [0.3, 0.4) is 0 Å². The van der Waals surface area contributed by atoms with Crippen molar-refractivity contribution in [2.45, 2.75) is 6.92 Å². The number of benzene rings is 1. The number of amides is 1. The predicted octanol–water partition coefficient (Wildman–Crippen LogP) is 1.62. The van der Waals surface area contributed by atoms with Crippen molar-refractivity contribution in [3.8, 4) is 0 Å². The van der Waals surface area contributed by atoms with E-state index >= 15 is 0 Å². The molecule has 0 atom stereocenters. The number of non-ortho nitro benzene ring substituents is 1. The summed E-state index contributed by atoms with van der Waals surface area (Å²) in [5.41, 5.74) is 1.28. The van der Waals surface area contributed by atoms with Crippen molar-refractivity contribution in [3.63, 3.8) is 0 Å². The molecule has 0 aliphatic heterocycles. The molecule has 1 amide bonds. The first-order valence-corrected chi connectivity index (χ1v) is 5.60. The molecule has 0 unspecified atom stereocenters. The maximum Gasteiger partial charge on any atom is 0.280 e. The van der Waals surface area contributed by atoms with Gasteiger partial charge in [0.2, 0.25) is 5.91 Å². The molecule has 98 valence electrons. The number of hydrogen-bond donors (Lipinski definition) is 2. The number of fused-ring (bicyclic) bond motifs is 1. The van der Waals surface area contributed by atoms with E-state index in [4.69, 9.17) is 0 Å². The Labute approximate surface area is 108 Å². The highest BCUT2D eigenvalue weighted by molar-refractivity contribution is 5.89. The summed E-state index contributed by atoms with van der Waals surface area (Å²) < 4.78 is 0. The smallest absolute Gasteiger partial charge is 0.280 e. The summed E-state index contributed by atoms with van der Waals surface area (Å²) in [5.74, 6) is -0.125. The second-order valence-corrected chi connectivity index (χ2v) is 3.97. The Hall–Kier alpha value is -2.70. The van der Waals surface area contributed by atoms with Crippen LogP contribution < -0.4 is 5.32 Å². The van der Waals surface area contributed by atoms with Crippen molar-refractivity contribution >= 4 is 28.6 Å². The monoisotopic (exact) mass is 260 g/mol. The van der Waals surface area contributed by atoms with Gasteiger partial charge >= 0.3 is 0 Å². The topological polar surface area (TPSA) is 101 Å². The van der Waals surface area contributed by atoms with Crippen LogP contribution in [0.2, 0.25) is 0 Å². The number of aromatic amines is 1. The fraction of sp³-hybridized carbons (Fsp3) is 0.167. The van der Waals surface area contributed by atoms with Gasteiger partial charge < -0.3 is 5.32 Å². The minimum Gasteiger partial charge on any atom is -0.353 e. The van der Waals surface area contributed by atoms with E-state index in [1.165, 1.54) is 19.2 Å². The number of aromatic nitrogens is 2. The van der Waals surface area contributed by atoms with Crippen molar-refractivity contribution in [1.29, 1.82) is 0 Å². The van der Waals surface area contributed by atoms with E-state index in [9.17, 15) is 14.9 Å². The molecule has 1 aromatic heterocycles. The molecule has 0 radical (unpaired) electrons. The van der Waals surface area contributed by atoms with Crippen molar-refractivity contribution in [2.24, 2.45) is 0 Å². The third-order valence-corrected chi connectivity index (χ3v) is 2.54. The zero-order valence-corrected chi connectivity index (χ0v) is 10.2. The largest absolute Gasteiger partial charge is 0.353 e. The molecular weight excluding hydrogens is 248 g/mol. The number of carbonyl (C=O) groups is 1. The van der Waals surface area contributed by atoms with Crippen molar-refractivity contribution in [1.82, 2.24) is 15.5 Å². The van der Waals surface area contributed by atoms with E-state index < -0.39 is 4.92 Å². The summed E-state index contributed by atoms with van der Waals surface area (Å²) in [7, 11) is 0. The molecular formula is C12H12N4O3. The highest BCUT2D eigenvalue weighted by atomic mass is 16.6. The number of hydrogen-bond acceptors (Lipinski definition) is 4. The van der Waals surface area contributed by atoms with Crippen LogP contribution in [-0.4, -0.2) is 27.6 Å². The maximum absolute atomic E-state index is 11.0. The van der Waals surface area contributed by atoms with Crippen LogP contribution in [0.5, 0.6) is 0 Å². The van der Waals surface area contributed by atoms with Crippen LogP contribution in [0, 0.1) is 10.1 Å². The molecule has 0 saturated heterocycles. The van der Waals surface area contributed by atoms with Crippen LogP contribution >= 0.6 is 0 Å².